The monoisotopic (exact) mass is 184 g/mol. The van der Waals surface area contributed by atoms with E-state index < -0.39 is 0 Å². The summed E-state index contributed by atoms with van der Waals surface area (Å²) in [4.78, 5) is 0. The highest BCUT2D eigenvalue weighted by Crippen LogP contribution is 2.15. The summed E-state index contributed by atoms with van der Waals surface area (Å²) in [7, 11) is 0. The van der Waals surface area contributed by atoms with Crippen LogP contribution in [0.2, 0.25) is 0 Å². The molecule has 78 valence electrons. The van der Waals surface area contributed by atoms with E-state index >= 15 is 0 Å². The van der Waals surface area contributed by atoms with Gasteiger partial charge in [-0.15, -0.1) is 0 Å². The van der Waals surface area contributed by atoms with E-state index in [9.17, 15) is 0 Å². The fourth-order valence-electron chi connectivity index (χ4n) is 1.61. The van der Waals surface area contributed by atoms with Crippen LogP contribution in [0.25, 0.3) is 0 Å². The highest BCUT2D eigenvalue weighted by atomic mass is 16.5. The molecular weight excluding hydrogens is 160 g/mol. The van der Waals surface area contributed by atoms with Gasteiger partial charge in [-0.3, -0.25) is 0 Å². The SMILES string of the molecule is C=COCC(CCC)CCCCC. The first kappa shape index (κ1) is 12.5. The van der Waals surface area contributed by atoms with Crippen LogP contribution >= 0.6 is 0 Å². The normalized spacial score (nSPS) is 12.5. The van der Waals surface area contributed by atoms with E-state index in [1.165, 1.54) is 38.5 Å². The van der Waals surface area contributed by atoms with E-state index in [2.05, 4.69) is 20.4 Å². The molecule has 0 radical (unpaired) electrons. The molecule has 0 N–H and O–H groups in total. The van der Waals surface area contributed by atoms with E-state index in [0.717, 1.165) is 12.5 Å². The molecule has 0 bridgehead atoms. The Balaban J connectivity index is 3.46. The third-order valence-electron chi connectivity index (χ3n) is 2.36. The van der Waals surface area contributed by atoms with Crippen LogP contribution in [0.1, 0.15) is 52.4 Å². The van der Waals surface area contributed by atoms with E-state index in [4.69, 9.17) is 4.74 Å². The maximum Gasteiger partial charge on any atom is 0.0901 e. The minimum absolute atomic E-state index is 0.745. The number of unbranched alkanes of at least 4 members (excludes halogenated alkanes) is 2. The molecule has 1 atom stereocenters. The Morgan fingerprint density at radius 3 is 2.46 bits per heavy atom. The van der Waals surface area contributed by atoms with Crippen LogP contribution in [0.3, 0.4) is 0 Å². The average molecular weight is 184 g/mol. The molecule has 1 heteroatoms. The van der Waals surface area contributed by atoms with Crippen LogP contribution in [-0.4, -0.2) is 6.61 Å². The maximum absolute atomic E-state index is 5.24. The van der Waals surface area contributed by atoms with Gasteiger partial charge in [0.2, 0.25) is 0 Å². The summed E-state index contributed by atoms with van der Waals surface area (Å²) >= 11 is 0. The molecule has 0 aliphatic heterocycles. The van der Waals surface area contributed by atoms with Gasteiger partial charge in [0.15, 0.2) is 0 Å². The molecule has 0 aromatic carbocycles. The largest absolute Gasteiger partial charge is 0.502 e. The number of ether oxygens (including phenoxy) is 1. The summed E-state index contributed by atoms with van der Waals surface area (Å²) in [6.07, 6.45) is 9.43. The molecule has 0 aromatic rings. The summed E-state index contributed by atoms with van der Waals surface area (Å²) in [6, 6.07) is 0. The van der Waals surface area contributed by atoms with Gasteiger partial charge in [-0.05, 0) is 18.8 Å². The van der Waals surface area contributed by atoms with Crippen LogP contribution < -0.4 is 0 Å². The smallest absolute Gasteiger partial charge is 0.0901 e. The van der Waals surface area contributed by atoms with Crippen LogP contribution in [0.5, 0.6) is 0 Å². The molecule has 0 rings (SSSR count). The lowest BCUT2D eigenvalue weighted by molar-refractivity contribution is 0.179. The third kappa shape index (κ3) is 7.89. The summed E-state index contributed by atoms with van der Waals surface area (Å²) in [6.45, 7) is 8.91. The van der Waals surface area contributed by atoms with Gasteiger partial charge >= 0.3 is 0 Å². The van der Waals surface area contributed by atoms with Gasteiger partial charge in [0, 0.05) is 0 Å². The summed E-state index contributed by atoms with van der Waals surface area (Å²) < 4.78 is 5.24. The van der Waals surface area contributed by atoms with Gasteiger partial charge in [0.05, 0.1) is 12.9 Å². The Bertz CT molecular complexity index is 110. The van der Waals surface area contributed by atoms with Gasteiger partial charge in [-0.1, -0.05) is 46.1 Å². The Morgan fingerprint density at radius 2 is 1.92 bits per heavy atom. The van der Waals surface area contributed by atoms with Crippen LogP contribution in [0.4, 0.5) is 0 Å². The van der Waals surface area contributed by atoms with E-state index in [0.29, 0.717) is 0 Å². The Morgan fingerprint density at radius 1 is 1.15 bits per heavy atom. The number of hydrogen-bond acceptors (Lipinski definition) is 1. The number of hydrogen-bond donors (Lipinski definition) is 0. The molecule has 0 aliphatic rings. The molecule has 0 heterocycles. The maximum atomic E-state index is 5.24. The molecule has 0 spiro atoms. The first-order chi connectivity index (χ1) is 6.35. The first-order valence-electron chi connectivity index (χ1n) is 5.57. The predicted molar refractivity (Wildman–Crippen MR) is 58.7 cm³/mol. The minimum Gasteiger partial charge on any atom is -0.502 e. The molecule has 0 saturated heterocycles. The zero-order valence-electron chi connectivity index (χ0n) is 9.22. The van der Waals surface area contributed by atoms with Crippen LogP contribution in [0.15, 0.2) is 12.8 Å². The van der Waals surface area contributed by atoms with Gasteiger partial charge in [-0.2, -0.15) is 0 Å². The van der Waals surface area contributed by atoms with Crippen molar-refractivity contribution in [1.29, 1.82) is 0 Å². The zero-order valence-corrected chi connectivity index (χ0v) is 9.22. The standard InChI is InChI=1S/C12H24O/c1-4-7-8-10-12(9-5-2)11-13-6-3/h6,12H,3-5,7-11H2,1-2H3. The summed E-state index contributed by atoms with van der Waals surface area (Å²) in [5, 5.41) is 0. The molecule has 0 aliphatic carbocycles. The second kappa shape index (κ2) is 9.63. The van der Waals surface area contributed by atoms with Crippen molar-refractivity contribution in [2.24, 2.45) is 5.92 Å². The predicted octanol–water partition coefficient (Wildman–Crippen LogP) is 4.14. The highest BCUT2D eigenvalue weighted by molar-refractivity contribution is 4.60. The van der Waals surface area contributed by atoms with Crippen molar-refractivity contribution in [3.05, 3.63) is 12.8 Å². The molecule has 1 unspecified atom stereocenters. The molecule has 13 heavy (non-hydrogen) atoms. The topological polar surface area (TPSA) is 9.23 Å². The van der Waals surface area contributed by atoms with E-state index in [-0.39, 0.29) is 0 Å². The Hall–Kier alpha value is -0.460. The first-order valence-corrected chi connectivity index (χ1v) is 5.57. The highest BCUT2D eigenvalue weighted by Gasteiger charge is 2.06. The molecule has 0 amide bonds. The molecule has 0 aromatic heterocycles. The van der Waals surface area contributed by atoms with Crippen molar-refractivity contribution < 1.29 is 4.74 Å². The molecule has 1 nitrogen and oxygen atoms in total. The second-order valence-electron chi connectivity index (χ2n) is 3.65. The van der Waals surface area contributed by atoms with Crippen molar-refractivity contribution in [3.8, 4) is 0 Å². The second-order valence-corrected chi connectivity index (χ2v) is 3.65. The average Bonchev–Trinajstić information content (AvgIpc) is 2.14. The lowest BCUT2D eigenvalue weighted by atomic mass is 9.97. The van der Waals surface area contributed by atoms with E-state index in [1.54, 1.807) is 6.26 Å². The Labute approximate surface area is 83.2 Å². The van der Waals surface area contributed by atoms with Crippen molar-refractivity contribution in [1.82, 2.24) is 0 Å². The van der Waals surface area contributed by atoms with Crippen LogP contribution in [0, 0.1) is 5.92 Å². The van der Waals surface area contributed by atoms with Crippen molar-refractivity contribution in [3.63, 3.8) is 0 Å². The van der Waals surface area contributed by atoms with Gasteiger partial charge in [0.1, 0.15) is 0 Å². The quantitative estimate of drug-likeness (QED) is 0.386. The summed E-state index contributed by atoms with van der Waals surface area (Å²) in [5.41, 5.74) is 0. The fraction of sp³-hybridized carbons (Fsp3) is 0.833. The van der Waals surface area contributed by atoms with Gasteiger partial charge in [0.25, 0.3) is 0 Å². The number of rotatable bonds is 9. The van der Waals surface area contributed by atoms with Gasteiger partial charge in [-0.25, -0.2) is 0 Å². The van der Waals surface area contributed by atoms with Crippen molar-refractivity contribution in [2.45, 2.75) is 52.4 Å². The van der Waals surface area contributed by atoms with E-state index in [1.807, 2.05) is 0 Å². The lowest BCUT2D eigenvalue weighted by Crippen LogP contribution is -2.07. The van der Waals surface area contributed by atoms with Crippen molar-refractivity contribution in [2.75, 3.05) is 6.61 Å². The minimum atomic E-state index is 0.745. The summed E-state index contributed by atoms with van der Waals surface area (Å²) in [5.74, 6) is 0.745. The van der Waals surface area contributed by atoms with Gasteiger partial charge < -0.3 is 4.74 Å². The lowest BCUT2D eigenvalue weighted by Gasteiger charge is -2.14. The zero-order chi connectivity index (χ0) is 9.94. The molecular formula is C12H24O. The van der Waals surface area contributed by atoms with Crippen molar-refractivity contribution >= 4 is 0 Å². The Kier molecular flexibility index (Phi) is 9.29. The third-order valence-corrected chi connectivity index (χ3v) is 2.36. The molecule has 0 saturated carbocycles. The van der Waals surface area contributed by atoms with Crippen LogP contribution in [-0.2, 0) is 4.74 Å². The molecule has 0 fully saturated rings. The fourth-order valence-corrected chi connectivity index (χ4v) is 1.61.